The minimum atomic E-state index is -0.467. The van der Waals surface area contributed by atoms with E-state index in [0.29, 0.717) is 42.8 Å². The summed E-state index contributed by atoms with van der Waals surface area (Å²) in [7, 11) is 0. The maximum Gasteiger partial charge on any atom is 0.169 e. The van der Waals surface area contributed by atoms with Crippen LogP contribution < -0.4 is 0 Å². The second-order valence-corrected chi connectivity index (χ2v) is 12.0. The Morgan fingerprint density at radius 1 is 0.733 bits per heavy atom. The zero-order valence-electron chi connectivity index (χ0n) is 19.0. The summed E-state index contributed by atoms with van der Waals surface area (Å²) in [6.07, 6.45) is 8.70. The fourth-order valence-electron chi connectivity index (χ4n) is 9.67. The zero-order valence-corrected chi connectivity index (χ0v) is 19.0. The van der Waals surface area contributed by atoms with Gasteiger partial charge in [0, 0.05) is 18.8 Å². The Labute approximate surface area is 181 Å². The largest absolute Gasteiger partial charge is 0.393 e. The van der Waals surface area contributed by atoms with Crippen molar-refractivity contribution in [2.24, 2.45) is 40.4 Å². The third kappa shape index (κ3) is 2.65. The SMILES string of the molecule is CC1([C@H]2CC[C@@H]3[C@@H]4CC[C@H]5CC6(CC[C@@]5(C)[C@H]4[C@H](O)C[C@]32C)OCCO6)OCCO1. The second kappa shape index (κ2) is 6.66. The molecule has 0 aromatic carbocycles. The molecule has 6 aliphatic rings. The lowest BCUT2D eigenvalue weighted by molar-refractivity contribution is -0.254. The number of hydrogen-bond donors (Lipinski definition) is 1. The Morgan fingerprint density at radius 2 is 1.43 bits per heavy atom. The minimum absolute atomic E-state index is 0.108. The van der Waals surface area contributed by atoms with Crippen molar-refractivity contribution in [3.63, 3.8) is 0 Å². The first kappa shape index (κ1) is 20.4. The van der Waals surface area contributed by atoms with Gasteiger partial charge in [0.05, 0.1) is 32.5 Å². The predicted molar refractivity (Wildman–Crippen MR) is 112 cm³/mol. The molecule has 2 saturated heterocycles. The van der Waals surface area contributed by atoms with Crippen molar-refractivity contribution in [1.29, 1.82) is 0 Å². The van der Waals surface area contributed by atoms with E-state index < -0.39 is 5.79 Å². The van der Waals surface area contributed by atoms with Crippen LogP contribution in [0.5, 0.6) is 0 Å². The van der Waals surface area contributed by atoms with Gasteiger partial charge in [0.25, 0.3) is 0 Å². The van der Waals surface area contributed by atoms with Gasteiger partial charge >= 0.3 is 0 Å². The van der Waals surface area contributed by atoms with Crippen LogP contribution in [0.3, 0.4) is 0 Å². The molecular formula is C25H40O5. The lowest BCUT2D eigenvalue weighted by atomic mass is 9.43. The Balaban J connectivity index is 1.28. The summed E-state index contributed by atoms with van der Waals surface area (Å²) >= 11 is 0. The third-order valence-electron chi connectivity index (χ3n) is 10.9. The fraction of sp³-hybridized carbons (Fsp3) is 1.00. The lowest BCUT2D eigenvalue weighted by Crippen LogP contribution is -2.61. The van der Waals surface area contributed by atoms with Gasteiger partial charge < -0.3 is 24.1 Å². The summed E-state index contributed by atoms with van der Waals surface area (Å²) in [5, 5.41) is 11.7. The molecule has 0 aromatic heterocycles. The lowest BCUT2D eigenvalue weighted by Gasteiger charge is -2.63. The number of fused-ring (bicyclic) bond motifs is 5. The summed E-state index contributed by atoms with van der Waals surface area (Å²) in [4.78, 5) is 0. The monoisotopic (exact) mass is 420 g/mol. The van der Waals surface area contributed by atoms with E-state index >= 15 is 0 Å². The highest BCUT2D eigenvalue weighted by Gasteiger charge is 2.67. The van der Waals surface area contributed by atoms with Crippen LogP contribution in [0.25, 0.3) is 0 Å². The van der Waals surface area contributed by atoms with Gasteiger partial charge in [0.15, 0.2) is 11.6 Å². The van der Waals surface area contributed by atoms with Gasteiger partial charge in [0.2, 0.25) is 0 Å². The van der Waals surface area contributed by atoms with Crippen molar-refractivity contribution in [2.75, 3.05) is 26.4 Å². The summed E-state index contributed by atoms with van der Waals surface area (Å²) in [5.74, 6) is 1.89. The molecule has 6 fully saturated rings. The smallest absolute Gasteiger partial charge is 0.169 e. The average Bonchev–Trinajstić information content (AvgIpc) is 3.41. The van der Waals surface area contributed by atoms with Crippen LogP contribution >= 0.6 is 0 Å². The zero-order chi connectivity index (χ0) is 20.8. The molecule has 1 spiro atoms. The van der Waals surface area contributed by atoms with Gasteiger partial charge in [-0.15, -0.1) is 0 Å². The van der Waals surface area contributed by atoms with E-state index in [1.54, 1.807) is 0 Å². The third-order valence-corrected chi connectivity index (χ3v) is 10.9. The van der Waals surface area contributed by atoms with Gasteiger partial charge in [-0.1, -0.05) is 13.8 Å². The van der Waals surface area contributed by atoms with Crippen molar-refractivity contribution in [1.82, 2.24) is 0 Å². The maximum atomic E-state index is 11.7. The first-order chi connectivity index (χ1) is 14.3. The topological polar surface area (TPSA) is 57.2 Å². The van der Waals surface area contributed by atoms with Crippen molar-refractivity contribution in [3.8, 4) is 0 Å². The van der Waals surface area contributed by atoms with Crippen LogP contribution in [-0.2, 0) is 18.9 Å². The quantitative estimate of drug-likeness (QED) is 0.691. The molecule has 0 radical (unpaired) electrons. The average molecular weight is 421 g/mol. The van der Waals surface area contributed by atoms with Crippen LogP contribution in [-0.4, -0.2) is 49.2 Å². The number of aliphatic hydroxyl groups is 1. The van der Waals surface area contributed by atoms with E-state index in [1.165, 1.54) is 25.7 Å². The van der Waals surface area contributed by atoms with Crippen LogP contribution in [0.2, 0.25) is 0 Å². The first-order valence-corrected chi connectivity index (χ1v) is 12.5. The van der Waals surface area contributed by atoms with Crippen molar-refractivity contribution < 1.29 is 24.1 Å². The van der Waals surface area contributed by atoms with Gasteiger partial charge in [-0.3, -0.25) is 0 Å². The molecule has 5 nitrogen and oxygen atoms in total. The van der Waals surface area contributed by atoms with Gasteiger partial charge in [0.1, 0.15) is 0 Å². The minimum Gasteiger partial charge on any atom is -0.393 e. The molecule has 0 amide bonds. The molecule has 1 N–H and O–H groups in total. The summed E-state index contributed by atoms with van der Waals surface area (Å²) in [6, 6.07) is 0. The normalized spacial score (nSPS) is 54.0. The van der Waals surface area contributed by atoms with E-state index in [2.05, 4.69) is 20.8 Å². The molecule has 4 saturated carbocycles. The molecule has 0 aromatic rings. The first-order valence-electron chi connectivity index (χ1n) is 12.5. The summed E-state index contributed by atoms with van der Waals surface area (Å²) in [5.41, 5.74) is 0.309. The summed E-state index contributed by atoms with van der Waals surface area (Å²) in [6.45, 7) is 9.96. The molecule has 0 bridgehead atoms. The molecule has 0 unspecified atom stereocenters. The molecule has 4 aliphatic carbocycles. The fourth-order valence-corrected chi connectivity index (χ4v) is 9.67. The van der Waals surface area contributed by atoms with E-state index in [-0.39, 0.29) is 22.7 Å². The molecule has 2 heterocycles. The van der Waals surface area contributed by atoms with Gasteiger partial charge in [-0.05, 0) is 80.0 Å². The van der Waals surface area contributed by atoms with Gasteiger partial charge in [-0.25, -0.2) is 0 Å². The second-order valence-electron chi connectivity index (χ2n) is 12.0. The van der Waals surface area contributed by atoms with Crippen molar-refractivity contribution in [3.05, 3.63) is 0 Å². The standard InChI is InChI=1S/C25H40O5/c1-22-8-9-25(29-12-13-30-25)14-16(22)4-5-17-18-6-7-20(24(3)27-10-11-28-24)23(18,2)15-19(26)21(17)22/h16-21,26H,4-15H2,1-3H3/t16-,17-,18+,19+,20-,21+,22+,23+/m0/s1. The van der Waals surface area contributed by atoms with Crippen molar-refractivity contribution in [2.45, 2.75) is 89.8 Å². The number of hydrogen-bond acceptors (Lipinski definition) is 5. The molecule has 6 rings (SSSR count). The van der Waals surface area contributed by atoms with E-state index in [0.717, 1.165) is 38.9 Å². The Kier molecular flexibility index (Phi) is 4.53. The van der Waals surface area contributed by atoms with Crippen LogP contribution in [0, 0.1) is 40.4 Å². The van der Waals surface area contributed by atoms with Crippen LogP contribution in [0.1, 0.15) is 72.1 Å². The highest BCUT2D eigenvalue weighted by atomic mass is 16.7. The predicted octanol–water partition coefficient (Wildman–Crippen LogP) is 4.12. The molecule has 2 aliphatic heterocycles. The van der Waals surface area contributed by atoms with Crippen LogP contribution in [0.15, 0.2) is 0 Å². The summed E-state index contributed by atoms with van der Waals surface area (Å²) < 4.78 is 24.5. The maximum absolute atomic E-state index is 11.7. The number of ether oxygens (including phenoxy) is 4. The molecular weight excluding hydrogens is 380 g/mol. The number of aliphatic hydroxyl groups excluding tert-OH is 1. The van der Waals surface area contributed by atoms with E-state index in [1.807, 2.05) is 0 Å². The molecule has 5 heteroatoms. The Bertz CT molecular complexity index is 683. The number of rotatable bonds is 1. The molecule has 8 atom stereocenters. The van der Waals surface area contributed by atoms with Gasteiger partial charge in [-0.2, -0.15) is 0 Å². The van der Waals surface area contributed by atoms with E-state index in [4.69, 9.17) is 18.9 Å². The Hall–Kier alpha value is -0.200. The highest BCUT2D eigenvalue weighted by Crippen LogP contribution is 2.69. The van der Waals surface area contributed by atoms with Crippen molar-refractivity contribution >= 4 is 0 Å². The highest BCUT2D eigenvalue weighted by molar-refractivity contribution is 5.14. The van der Waals surface area contributed by atoms with E-state index in [9.17, 15) is 5.11 Å². The Morgan fingerprint density at radius 3 is 2.17 bits per heavy atom. The molecule has 170 valence electrons. The van der Waals surface area contributed by atoms with Crippen LogP contribution in [0.4, 0.5) is 0 Å². The molecule has 30 heavy (non-hydrogen) atoms.